The number of nitrogens with zero attached hydrogens (tertiary/aromatic N) is 2. The summed E-state index contributed by atoms with van der Waals surface area (Å²) in [7, 11) is 1.72. The van der Waals surface area contributed by atoms with E-state index in [1.165, 1.54) is 0 Å². The summed E-state index contributed by atoms with van der Waals surface area (Å²) in [6.45, 7) is 1.94. The lowest BCUT2D eigenvalue weighted by Crippen LogP contribution is -2.29. The number of carbonyl (C=O) groups excluding carboxylic acids is 1. The molecule has 1 aromatic rings. The number of rotatable bonds is 1. The second-order valence-electron chi connectivity index (χ2n) is 4.95. The summed E-state index contributed by atoms with van der Waals surface area (Å²) in [5, 5.41) is 0. The van der Waals surface area contributed by atoms with Gasteiger partial charge in [0, 0.05) is 17.1 Å². The highest BCUT2D eigenvalue weighted by Crippen LogP contribution is 2.33. The zero-order valence-corrected chi connectivity index (χ0v) is 13.2. The number of guanidine groups is 1. The van der Waals surface area contributed by atoms with Crippen molar-refractivity contribution in [3.05, 3.63) is 45.6 Å². The van der Waals surface area contributed by atoms with E-state index in [4.69, 9.17) is 10.5 Å². The van der Waals surface area contributed by atoms with E-state index in [2.05, 4.69) is 20.9 Å². The number of ether oxygens (including phenoxy) is 1. The zero-order chi connectivity index (χ0) is 15.1. The molecule has 21 heavy (non-hydrogen) atoms. The van der Waals surface area contributed by atoms with Crippen molar-refractivity contribution in [2.24, 2.45) is 10.7 Å². The van der Waals surface area contributed by atoms with Crippen molar-refractivity contribution in [2.75, 3.05) is 7.05 Å². The lowest BCUT2D eigenvalue weighted by atomic mass is 10.0. The Morgan fingerprint density at radius 2 is 2.24 bits per heavy atom. The van der Waals surface area contributed by atoms with Crippen LogP contribution in [0.4, 0.5) is 0 Å². The van der Waals surface area contributed by atoms with E-state index in [9.17, 15) is 4.79 Å². The van der Waals surface area contributed by atoms with Gasteiger partial charge in [-0.05, 0) is 42.8 Å². The van der Waals surface area contributed by atoms with Crippen molar-refractivity contribution in [2.45, 2.75) is 13.0 Å². The van der Waals surface area contributed by atoms with Gasteiger partial charge < -0.3 is 15.4 Å². The SMILES string of the molecule is CC1Oc2ccc(Br)cc2C=C1/C=C1/C(=O)N=C(N)N1C. The number of hydrogen-bond acceptors (Lipinski definition) is 4. The van der Waals surface area contributed by atoms with Crippen LogP contribution in [0.5, 0.6) is 5.75 Å². The zero-order valence-electron chi connectivity index (χ0n) is 11.6. The first kappa shape index (κ1) is 13.9. The minimum absolute atomic E-state index is 0.144. The number of hydrogen-bond donors (Lipinski definition) is 1. The molecule has 1 aromatic carbocycles. The summed E-state index contributed by atoms with van der Waals surface area (Å²) in [5.74, 6) is 0.706. The van der Waals surface area contributed by atoms with Crippen LogP contribution in [0.1, 0.15) is 12.5 Å². The molecule has 2 aliphatic heterocycles. The van der Waals surface area contributed by atoms with Crippen LogP contribution < -0.4 is 10.5 Å². The van der Waals surface area contributed by atoms with Gasteiger partial charge in [0.1, 0.15) is 17.6 Å². The van der Waals surface area contributed by atoms with Crippen molar-refractivity contribution < 1.29 is 9.53 Å². The summed E-state index contributed by atoms with van der Waals surface area (Å²) in [4.78, 5) is 17.1. The highest BCUT2D eigenvalue weighted by atomic mass is 79.9. The van der Waals surface area contributed by atoms with Crippen LogP contribution in [0.3, 0.4) is 0 Å². The Morgan fingerprint density at radius 3 is 2.90 bits per heavy atom. The van der Waals surface area contributed by atoms with Crippen LogP contribution in [0.15, 0.2) is 45.0 Å². The summed E-state index contributed by atoms with van der Waals surface area (Å²) in [6.07, 6.45) is 3.64. The molecular formula is C15H14BrN3O2. The van der Waals surface area contributed by atoms with Gasteiger partial charge in [0.05, 0.1) is 0 Å². The van der Waals surface area contributed by atoms with Crippen LogP contribution in [0, 0.1) is 0 Å². The third-order valence-electron chi connectivity index (χ3n) is 3.51. The van der Waals surface area contributed by atoms with E-state index in [0.29, 0.717) is 5.70 Å². The molecule has 0 bridgehead atoms. The predicted molar refractivity (Wildman–Crippen MR) is 84.7 cm³/mol. The number of nitrogens with two attached hydrogens (primary N) is 1. The van der Waals surface area contributed by atoms with Crippen molar-refractivity contribution in [1.82, 2.24) is 4.90 Å². The highest BCUT2D eigenvalue weighted by Gasteiger charge is 2.26. The van der Waals surface area contributed by atoms with Gasteiger partial charge in [0.2, 0.25) is 5.96 Å². The van der Waals surface area contributed by atoms with Crippen LogP contribution in [0.25, 0.3) is 6.08 Å². The Hall–Kier alpha value is -2.08. The molecule has 0 aliphatic carbocycles. The lowest BCUT2D eigenvalue weighted by molar-refractivity contribution is -0.114. The first-order chi connectivity index (χ1) is 9.95. The topological polar surface area (TPSA) is 67.9 Å². The first-order valence-electron chi connectivity index (χ1n) is 6.47. The van der Waals surface area contributed by atoms with E-state index >= 15 is 0 Å². The summed E-state index contributed by atoms with van der Waals surface area (Å²) < 4.78 is 6.85. The molecule has 3 rings (SSSR count). The molecule has 0 radical (unpaired) electrons. The van der Waals surface area contributed by atoms with Gasteiger partial charge in [-0.15, -0.1) is 0 Å². The highest BCUT2D eigenvalue weighted by molar-refractivity contribution is 9.10. The number of carbonyl (C=O) groups is 1. The number of halogens is 1. The quantitative estimate of drug-likeness (QED) is 0.791. The number of aliphatic imine (C=N–C) groups is 1. The maximum Gasteiger partial charge on any atom is 0.296 e. The van der Waals surface area contributed by atoms with Gasteiger partial charge in [0.25, 0.3) is 5.91 Å². The molecule has 1 unspecified atom stereocenters. The van der Waals surface area contributed by atoms with Gasteiger partial charge in [-0.2, -0.15) is 4.99 Å². The summed E-state index contributed by atoms with van der Waals surface area (Å²) in [5.41, 5.74) is 7.98. The fourth-order valence-corrected chi connectivity index (χ4v) is 2.65. The minimum atomic E-state index is -0.330. The number of benzene rings is 1. The van der Waals surface area contributed by atoms with Gasteiger partial charge in [-0.3, -0.25) is 4.79 Å². The molecule has 0 aromatic heterocycles. The van der Waals surface area contributed by atoms with E-state index in [1.54, 1.807) is 18.0 Å². The predicted octanol–water partition coefficient (Wildman–Crippen LogP) is 2.28. The Labute approximate surface area is 130 Å². The molecular weight excluding hydrogens is 334 g/mol. The minimum Gasteiger partial charge on any atom is -0.485 e. The average Bonchev–Trinajstić information content (AvgIpc) is 2.66. The molecule has 6 heteroatoms. The van der Waals surface area contributed by atoms with E-state index in [-0.39, 0.29) is 18.0 Å². The molecule has 0 saturated carbocycles. The second kappa shape index (κ2) is 5.04. The van der Waals surface area contributed by atoms with Crippen molar-refractivity contribution in [3.8, 4) is 5.75 Å². The van der Waals surface area contributed by atoms with Crippen LogP contribution in [-0.4, -0.2) is 29.9 Å². The molecule has 2 aliphatic rings. The molecule has 2 N–H and O–H groups in total. The first-order valence-corrected chi connectivity index (χ1v) is 7.27. The largest absolute Gasteiger partial charge is 0.485 e. The molecule has 2 heterocycles. The summed E-state index contributed by atoms with van der Waals surface area (Å²) in [6, 6.07) is 5.83. The Kier molecular flexibility index (Phi) is 3.33. The van der Waals surface area contributed by atoms with Gasteiger partial charge in [-0.25, -0.2) is 0 Å². The molecule has 0 saturated heterocycles. The normalized spacial score (nSPS) is 22.8. The smallest absolute Gasteiger partial charge is 0.296 e. The molecule has 0 fully saturated rings. The second-order valence-corrected chi connectivity index (χ2v) is 5.87. The fourth-order valence-electron chi connectivity index (χ4n) is 2.27. The van der Waals surface area contributed by atoms with Crippen molar-refractivity contribution in [3.63, 3.8) is 0 Å². The molecule has 5 nitrogen and oxygen atoms in total. The maximum absolute atomic E-state index is 11.8. The monoisotopic (exact) mass is 347 g/mol. The van der Waals surface area contributed by atoms with Crippen LogP contribution in [-0.2, 0) is 4.79 Å². The third kappa shape index (κ3) is 2.47. The lowest BCUT2D eigenvalue weighted by Gasteiger charge is -2.24. The molecule has 1 amide bonds. The van der Waals surface area contributed by atoms with Gasteiger partial charge in [0.15, 0.2) is 0 Å². The van der Waals surface area contributed by atoms with Gasteiger partial charge in [-0.1, -0.05) is 15.9 Å². The molecule has 0 spiro atoms. The Bertz CT molecular complexity index is 722. The van der Waals surface area contributed by atoms with Gasteiger partial charge >= 0.3 is 0 Å². The number of likely N-dealkylation sites (N-methyl/N-ethyl adjacent to an activating group) is 1. The fraction of sp³-hybridized carbons (Fsp3) is 0.200. The Balaban J connectivity index is 2.01. The number of fused-ring (bicyclic) bond motifs is 1. The van der Waals surface area contributed by atoms with Crippen molar-refractivity contribution >= 4 is 33.9 Å². The van der Waals surface area contributed by atoms with E-state index in [0.717, 1.165) is 21.4 Å². The van der Waals surface area contributed by atoms with E-state index < -0.39 is 0 Å². The Morgan fingerprint density at radius 1 is 1.48 bits per heavy atom. The van der Waals surface area contributed by atoms with Crippen LogP contribution in [0.2, 0.25) is 0 Å². The molecule has 108 valence electrons. The van der Waals surface area contributed by atoms with E-state index in [1.807, 2.05) is 31.2 Å². The number of amides is 1. The average molecular weight is 348 g/mol. The summed E-state index contributed by atoms with van der Waals surface area (Å²) >= 11 is 3.44. The third-order valence-corrected chi connectivity index (χ3v) is 4.00. The standard InChI is InChI=1S/C15H14BrN3O2/c1-8-9(7-12-14(20)18-15(17)19(12)2)5-10-6-11(16)3-4-13(10)21-8/h3-8H,1-2H3,(H2,17,18,20)/b12-7-. The van der Waals surface area contributed by atoms with Crippen molar-refractivity contribution in [1.29, 1.82) is 0 Å². The maximum atomic E-state index is 11.8. The molecule has 1 atom stereocenters. The van der Waals surface area contributed by atoms with Crippen LogP contribution >= 0.6 is 15.9 Å².